The molecule has 0 aliphatic carbocycles. The lowest BCUT2D eigenvalue weighted by Gasteiger charge is -2.25. The average molecular weight is 230 g/mol. The van der Waals surface area contributed by atoms with Crippen molar-refractivity contribution in [2.24, 2.45) is 5.73 Å². The van der Waals surface area contributed by atoms with Gasteiger partial charge < -0.3 is 20.5 Å². The highest BCUT2D eigenvalue weighted by atomic mass is 16.6. The molecule has 16 heavy (non-hydrogen) atoms. The molecule has 0 aromatic carbocycles. The van der Waals surface area contributed by atoms with Crippen LogP contribution in [0.2, 0.25) is 0 Å². The van der Waals surface area contributed by atoms with Gasteiger partial charge in [0.25, 0.3) is 0 Å². The van der Waals surface area contributed by atoms with E-state index in [-0.39, 0.29) is 13.0 Å². The first kappa shape index (κ1) is 12.8. The lowest BCUT2D eigenvalue weighted by Crippen LogP contribution is -2.51. The molecule has 0 aromatic heterocycles. The Hall–Kier alpha value is -1.30. The fraction of sp³-hybridized carbons (Fsp3) is 0.800. The number of carbonyl (C=O) groups excluding carboxylic acids is 1. The first-order valence-electron chi connectivity index (χ1n) is 5.14. The number of nitrogens with two attached hydrogens (primary N) is 1. The molecule has 1 atom stereocenters. The van der Waals surface area contributed by atoms with Crippen molar-refractivity contribution < 1.29 is 19.4 Å². The number of likely N-dealkylation sites (tertiary alicyclic amines) is 1. The van der Waals surface area contributed by atoms with Crippen LogP contribution in [0.5, 0.6) is 0 Å². The van der Waals surface area contributed by atoms with Gasteiger partial charge in [-0.25, -0.2) is 4.79 Å². The van der Waals surface area contributed by atoms with Crippen molar-refractivity contribution >= 4 is 12.1 Å². The van der Waals surface area contributed by atoms with Gasteiger partial charge in [0.05, 0.1) is 6.54 Å². The highest BCUT2D eigenvalue weighted by Gasteiger charge is 2.43. The molecule has 0 spiro atoms. The summed E-state index contributed by atoms with van der Waals surface area (Å²) in [5.74, 6) is -1.08. The zero-order valence-corrected chi connectivity index (χ0v) is 9.82. The third-order valence-corrected chi connectivity index (χ3v) is 2.38. The van der Waals surface area contributed by atoms with E-state index in [0.29, 0.717) is 6.54 Å². The number of ether oxygens (including phenoxy) is 1. The predicted octanol–water partition coefficient (Wildman–Crippen LogP) is 0.409. The van der Waals surface area contributed by atoms with Gasteiger partial charge in [0, 0.05) is 6.54 Å². The first-order chi connectivity index (χ1) is 7.14. The molecule has 1 heterocycles. The maximum absolute atomic E-state index is 11.6. The van der Waals surface area contributed by atoms with Gasteiger partial charge in [-0.3, -0.25) is 4.79 Å². The van der Waals surface area contributed by atoms with Crippen molar-refractivity contribution in [3.05, 3.63) is 0 Å². The molecule has 6 nitrogen and oxygen atoms in total. The molecular weight excluding hydrogens is 212 g/mol. The van der Waals surface area contributed by atoms with Gasteiger partial charge in [0.1, 0.15) is 11.1 Å². The Labute approximate surface area is 94.3 Å². The van der Waals surface area contributed by atoms with Crippen molar-refractivity contribution in [2.75, 3.05) is 13.1 Å². The minimum Gasteiger partial charge on any atom is -0.480 e. The van der Waals surface area contributed by atoms with E-state index >= 15 is 0 Å². The van der Waals surface area contributed by atoms with Crippen LogP contribution in [0.1, 0.15) is 27.2 Å². The van der Waals surface area contributed by atoms with Gasteiger partial charge in [0.15, 0.2) is 0 Å². The molecule has 0 radical (unpaired) electrons. The van der Waals surface area contributed by atoms with Crippen LogP contribution in [0.25, 0.3) is 0 Å². The van der Waals surface area contributed by atoms with E-state index in [2.05, 4.69) is 0 Å². The molecule has 0 aromatic rings. The third kappa shape index (κ3) is 2.85. The number of rotatable bonds is 1. The Kier molecular flexibility index (Phi) is 3.14. The summed E-state index contributed by atoms with van der Waals surface area (Å²) < 4.78 is 5.13. The molecule has 1 rings (SSSR count). The number of carboxylic acid groups (broad SMARTS) is 1. The smallest absolute Gasteiger partial charge is 0.410 e. The fourth-order valence-corrected chi connectivity index (χ4v) is 1.49. The Morgan fingerprint density at radius 2 is 2.00 bits per heavy atom. The number of nitrogens with zero attached hydrogens (tertiary/aromatic N) is 1. The number of carboxylic acids is 1. The topological polar surface area (TPSA) is 92.9 Å². The molecule has 1 aliphatic rings. The Morgan fingerprint density at radius 1 is 1.44 bits per heavy atom. The summed E-state index contributed by atoms with van der Waals surface area (Å²) in [6.07, 6.45) is -0.261. The van der Waals surface area contributed by atoms with Gasteiger partial charge in [-0.1, -0.05) is 0 Å². The summed E-state index contributed by atoms with van der Waals surface area (Å²) in [4.78, 5) is 23.8. The van der Waals surface area contributed by atoms with Crippen LogP contribution >= 0.6 is 0 Å². The number of carbonyl (C=O) groups is 2. The predicted molar refractivity (Wildman–Crippen MR) is 57.0 cm³/mol. The van der Waals surface area contributed by atoms with Gasteiger partial charge >= 0.3 is 12.1 Å². The van der Waals surface area contributed by atoms with E-state index < -0.39 is 23.2 Å². The molecule has 1 aliphatic heterocycles. The molecule has 1 fully saturated rings. The Morgan fingerprint density at radius 3 is 2.38 bits per heavy atom. The van der Waals surface area contributed by atoms with Crippen LogP contribution in [0.3, 0.4) is 0 Å². The van der Waals surface area contributed by atoms with Crippen molar-refractivity contribution in [3.63, 3.8) is 0 Å². The molecule has 92 valence electrons. The summed E-state index contributed by atoms with van der Waals surface area (Å²) >= 11 is 0. The maximum Gasteiger partial charge on any atom is 0.410 e. The number of amides is 1. The summed E-state index contributed by atoms with van der Waals surface area (Å²) in [6, 6.07) is 0. The van der Waals surface area contributed by atoms with Crippen molar-refractivity contribution in [2.45, 2.75) is 38.3 Å². The molecule has 1 amide bonds. The summed E-state index contributed by atoms with van der Waals surface area (Å²) in [5, 5.41) is 8.90. The highest BCUT2D eigenvalue weighted by molar-refractivity contribution is 5.81. The van der Waals surface area contributed by atoms with E-state index in [4.69, 9.17) is 15.6 Å². The SMILES string of the molecule is CC(C)(C)OC(=O)N1CC[C@](N)(C(=O)O)C1. The second-order valence-electron chi connectivity index (χ2n) is 5.11. The largest absolute Gasteiger partial charge is 0.480 e. The summed E-state index contributed by atoms with van der Waals surface area (Å²) in [5.41, 5.74) is 3.73. The maximum atomic E-state index is 11.6. The van der Waals surface area contributed by atoms with Gasteiger partial charge in [-0.05, 0) is 27.2 Å². The van der Waals surface area contributed by atoms with Gasteiger partial charge in [0.2, 0.25) is 0 Å². The van der Waals surface area contributed by atoms with E-state index in [9.17, 15) is 9.59 Å². The zero-order chi connectivity index (χ0) is 12.6. The van der Waals surface area contributed by atoms with E-state index in [1.807, 2.05) is 0 Å². The second kappa shape index (κ2) is 3.93. The first-order valence-corrected chi connectivity index (χ1v) is 5.14. The van der Waals surface area contributed by atoms with E-state index in [0.717, 1.165) is 0 Å². The second-order valence-corrected chi connectivity index (χ2v) is 5.11. The fourth-order valence-electron chi connectivity index (χ4n) is 1.49. The molecule has 0 unspecified atom stereocenters. The average Bonchev–Trinajstić information content (AvgIpc) is 2.46. The highest BCUT2D eigenvalue weighted by Crippen LogP contribution is 2.21. The summed E-state index contributed by atoms with van der Waals surface area (Å²) in [7, 11) is 0. The van der Waals surface area contributed by atoms with Crippen molar-refractivity contribution in [1.29, 1.82) is 0 Å². The lowest BCUT2D eigenvalue weighted by atomic mass is 10.0. The third-order valence-electron chi connectivity index (χ3n) is 2.38. The number of hydrogen-bond acceptors (Lipinski definition) is 4. The van der Waals surface area contributed by atoms with Crippen LogP contribution in [0.15, 0.2) is 0 Å². The van der Waals surface area contributed by atoms with Gasteiger partial charge in [-0.2, -0.15) is 0 Å². The summed E-state index contributed by atoms with van der Waals surface area (Å²) in [6.45, 7) is 5.59. The van der Waals surface area contributed by atoms with Crippen LogP contribution in [0, 0.1) is 0 Å². The van der Waals surface area contributed by atoms with Crippen LogP contribution in [-0.4, -0.2) is 46.3 Å². The minimum atomic E-state index is -1.34. The van der Waals surface area contributed by atoms with E-state index in [1.54, 1.807) is 20.8 Å². The van der Waals surface area contributed by atoms with E-state index in [1.165, 1.54) is 4.90 Å². The molecule has 3 N–H and O–H groups in total. The number of aliphatic carboxylic acids is 1. The van der Waals surface area contributed by atoms with Crippen molar-refractivity contribution in [1.82, 2.24) is 4.90 Å². The quantitative estimate of drug-likeness (QED) is 0.680. The molecule has 0 bridgehead atoms. The van der Waals surface area contributed by atoms with Gasteiger partial charge in [-0.15, -0.1) is 0 Å². The molecule has 1 saturated heterocycles. The molecule has 0 saturated carbocycles. The normalized spacial score (nSPS) is 25.6. The monoisotopic (exact) mass is 230 g/mol. The van der Waals surface area contributed by atoms with Crippen LogP contribution in [0.4, 0.5) is 4.79 Å². The molecule has 6 heteroatoms. The zero-order valence-electron chi connectivity index (χ0n) is 9.82. The van der Waals surface area contributed by atoms with Crippen LogP contribution < -0.4 is 5.73 Å². The minimum absolute atomic E-state index is 0.00273. The Bertz CT molecular complexity index is 310. The van der Waals surface area contributed by atoms with Crippen molar-refractivity contribution in [3.8, 4) is 0 Å². The molecular formula is C10H18N2O4. The standard InChI is InChI=1S/C10H18N2O4/c1-9(2,3)16-8(15)12-5-4-10(11,6-12)7(13)14/h4-6,11H2,1-3H3,(H,13,14)/t10-/m1/s1. The van der Waals surface area contributed by atoms with Crippen LogP contribution in [-0.2, 0) is 9.53 Å². The number of hydrogen-bond donors (Lipinski definition) is 2. The lowest BCUT2D eigenvalue weighted by molar-refractivity contribution is -0.142. The Balaban J connectivity index is 2.60.